The Morgan fingerprint density at radius 1 is 1.29 bits per heavy atom. The highest BCUT2D eigenvalue weighted by Crippen LogP contribution is 2.34. The number of hydrogen-bond donors (Lipinski definition) is 1. The lowest BCUT2D eigenvalue weighted by atomic mass is 10.2. The van der Waals surface area contributed by atoms with Gasteiger partial charge < -0.3 is 14.7 Å². The van der Waals surface area contributed by atoms with Gasteiger partial charge in [0.1, 0.15) is 15.8 Å². The van der Waals surface area contributed by atoms with Gasteiger partial charge in [0.15, 0.2) is 0 Å². The number of anilines is 1. The second kappa shape index (κ2) is 10.4. The molecule has 3 saturated heterocycles. The highest BCUT2D eigenvalue weighted by atomic mass is 32.2. The van der Waals surface area contributed by atoms with E-state index in [2.05, 4.69) is 9.80 Å². The van der Waals surface area contributed by atoms with Gasteiger partial charge in [0.2, 0.25) is 0 Å². The number of aliphatic hydroxyl groups is 1. The first kappa shape index (κ1) is 24.4. The standard InChI is InChI=1S/C24H29N5O4S2/c1-16-4-2-6-28-20(16)25-21(27-9-7-26(8-10-27)11-12-30)18(22(28)31)14-19-23(32)29(24(34)35-19)15-17-5-3-13-33-17/h2,4,6,14,17,30H,3,5,7-13,15H2,1H3/b19-14+/t17-/m1/s1. The van der Waals surface area contributed by atoms with E-state index in [1.165, 1.54) is 11.8 Å². The summed E-state index contributed by atoms with van der Waals surface area (Å²) in [6, 6.07) is 3.75. The minimum absolute atomic E-state index is 0.00133. The highest BCUT2D eigenvalue weighted by Gasteiger charge is 2.35. The first-order chi connectivity index (χ1) is 17.0. The number of aryl methyl sites for hydroxylation is 1. The van der Waals surface area contributed by atoms with Crippen LogP contribution < -0.4 is 10.5 Å². The van der Waals surface area contributed by atoms with E-state index in [9.17, 15) is 14.7 Å². The van der Waals surface area contributed by atoms with E-state index in [0.29, 0.717) is 59.0 Å². The number of nitrogens with zero attached hydrogens (tertiary/aromatic N) is 5. The molecule has 11 heteroatoms. The molecule has 3 aliphatic rings. The van der Waals surface area contributed by atoms with E-state index >= 15 is 0 Å². The molecule has 9 nitrogen and oxygen atoms in total. The van der Waals surface area contributed by atoms with Crippen molar-refractivity contribution in [2.24, 2.45) is 0 Å². The summed E-state index contributed by atoms with van der Waals surface area (Å²) in [5.74, 6) is 0.389. The molecule has 1 N–H and O–H groups in total. The van der Waals surface area contributed by atoms with Crippen LogP contribution in [0, 0.1) is 6.92 Å². The summed E-state index contributed by atoms with van der Waals surface area (Å²) in [6.45, 7) is 6.70. The van der Waals surface area contributed by atoms with Gasteiger partial charge in [-0.05, 0) is 37.5 Å². The molecule has 1 amide bonds. The first-order valence-electron chi connectivity index (χ1n) is 11.9. The fourth-order valence-electron chi connectivity index (χ4n) is 4.77. The third-order valence-corrected chi connectivity index (χ3v) is 8.09. The summed E-state index contributed by atoms with van der Waals surface area (Å²) in [5.41, 5.74) is 1.68. The summed E-state index contributed by atoms with van der Waals surface area (Å²) in [5, 5.41) is 9.27. The molecule has 5 rings (SSSR count). The number of aromatic nitrogens is 2. The van der Waals surface area contributed by atoms with E-state index in [1.807, 2.05) is 19.1 Å². The van der Waals surface area contributed by atoms with Crippen molar-refractivity contribution in [1.82, 2.24) is 19.2 Å². The van der Waals surface area contributed by atoms with E-state index in [4.69, 9.17) is 21.9 Å². The van der Waals surface area contributed by atoms with Crippen LogP contribution in [0.1, 0.15) is 24.0 Å². The molecule has 0 bridgehead atoms. The quantitative estimate of drug-likeness (QED) is 0.454. The highest BCUT2D eigenvalue weighted by molar-refractivity contribution is 8.26. The molecule has 0 aromatic carbocycles. The molecule has 35 heavy (non-hydrogen) atoms. The van der Waals surface area contributed by atoms with Crippen molar-refractivity contribution in [2.75, 3.05) is 57.4 Å². The number of piperazine rings is 1. The lowest BCUT2D eigenvalue weighted by Crippen LogP contribution is -2.48. The molecule has 0 aliphatic carbocycles. The van der Waals surface area contributed by atoms with Crippen LogP contribution in [0.2, 0.25) is 0 Å². The predicted octanol–water partition coefficient (Wildman–Crippen LogP) is 1.50. The van der Waals surface area contributed by atoms with Crippen molar-refractivity contribution in [3.8, 4) is 0 Å². The van der Waals surface area contributed by atoms with Crippen molar-refractivity contribution < 1.29 is 14.6 Å². The van der Waals surface area contributed by atoms with Crippen LogP contribution in [0.25, 0.3) is 11.7 Å². The Hall–Kier alpha value is -2.31. The molecule has 186 valence electrons. The largest absolute Gasteiger partial charge is 0.395 e. The van der Waals surface area contributed by atoms with Crippen molar-refractivity contribution in [1.29, 1.82) is 0 Å². The van der Waals surface area contributed by atoms with E-state index in [-0.39, 0.29) is 24.2 Å². The van der Waals surface area contributed by atoms with Crippen LogP contribution >= 0.6 is 24.0 Å². The number of fused-ring (bicyclic) bond motifs is 1. The molecule has 0 spiro atoms. The number of thioether (sulfide) groups is 1. The average molecular weight is 516 g/mol. The number of pyridine rings is 1. The van der Waals surface area contributed by atoms with Crippen molar-refractivity contribution in [3.63, 3.8) is 0 Å². The van der Waals surface area contributed by atoms with Crippen LogP contribution in [-0.2, 0) is 9.53 Å². The van der Waals surface area contributed by atoms with Gasteiger partial charge in [-0.25, -0.2) is 4.98 Å². The molecule has 3 fully saturated rings. The Morgan fingerprint density at radius 3 is 2.80 bits per heavy atom. The third-order valence-electron chi connectivity index (χ3n) is 6.71. The number of thiocarbonyl (C=S) groups is 1. The fraction of sp³-hybridized carbons (Fsp3) is 0.500. The van der Waals surface area contributed by atoms with Crippen LogP contribution in [0.3, 0.4) is 0 Å². The van der Waals surface area contributed by atoms with Gasteiger partial charge in [-0.3, -0.25) is 23.8 Å². The molecule has 0 radical (unpaired) electrons. The lowest BCUT2D eigenvalue weighted by molar-refractivity contribution is -0.123. The Bertz CT molecular complexity index is 1230. The number of ether oxygens (including phenoxy) is 1. The summed E-state index contributed by atoms with van der Waals surface area (Å²) in [4.78, 5) is 38.1. The number of hydrogen-bond acceptors (Lipinski definition) is 9. The second-order valence-corrected chi connectivity index (χ2v) is 10.7. The Kier molecular flexibility index (Phi) is 7.21. The van der Waals surface area contributed by atoms with Gasteiger partial charge in [0.05, 0.1) is 29.7 Å². The Balaban J connectivity index is 1.52. The zero-order valence-corrected chi connectivity index (χ0v) is 21.3. The lowest BCUT2D eigenvalue weighted by Gasteiger charge is -2.35. The first-order valence-corrected chi connectivity index (χ1v) is 13.2. The average Bonchev–Trinajstić information content (AvgIpc) is 3.46. The molecule has 3 aliphatic heterocycles. The third kappa shape index (κ3) is 4.88. The Morgan fingerprint density at radius 2 is 2.09 bits per heavy atom. The van der Waals surface area contributed by atoms with E-state index in [0.717, 1.165) is 31.5 Å². The van der Waals surface area contributed by atoms with Crippen LogP contribution in [0.4, 0.5) is 5.82 Å². The number of aliphatic hydroxyl groups excluding tert-OH is 1. The van der Waals surface area contributed by atoms with Gasteiger partial charge in [0, 0.05) is 45.5 Å². The van der Waals surface area contributed by atoms with Gasteiger partial charge in [-0.2, -0.15) is 0 Å². The van der Waals surface area contributed by atoms with Crippen LogP contribution in [-0.4, -0.2) is 93.1 Å². The van der Waals surface area contributed by atoms with Gasteiger partial charge >= 0.3 is 0 Å². The molecule has 2 aromatic heterocycles. The van der Waals surface area contributed by atoms with Gasteiger partial charge in [-0.1, -0.05) is 30.0 Å². The number of β-amino-alcohol motifs (C(OH)–C–C–N with tert-alkyl or cyclic N) is 1. The molecular weight excluding hydrogens is 486 g/mol. The minimum atomic E-state index is -0.212. The number of amides is 1. The van der Waals surface area contributed by atoms with Crippen molar-refractivity contribution in [2.45, 2.75) is 25.9 Å². The van der Waals surface area contributed by atoms with Gasteiger partial charge in [0.25, 0.3) is 11.5 Å². The van der Waals surface area contributed by atoms with E-state index < -0.39 is 0 Å². The minimum Gasteiger partial charge on any atom is -0.395 e. The van der Waals surface area contributed by atoms with Crippen molar-refractivity contribution >= 4 is 51.7 Å². The van der Waals surface area contributed by atoms with Crippen LogP contribution in [0.5, 0.6) is 0 Å². The maximum Gasteiger partial charge on any atom is 0.267 e. The zero-order chi connectivity index (χ0) is 24.5. The number of rotatable bonds is 6. The number of carbonyl (C=O) groups is 1. The monoisotopic (exact) mass is 515 g/mol. The van der Waals surface area contributed by atoms with Crippen LogP contribution in [0.15, 0.2) is 28.0 Å². The molecule has 5 heterocycles. The normalized spacial score (nSPS) is 22.8. The number of carbonyl (C=O) groups excluding carboxylic acids is 1. The Labute approximate surface area is 213 Å². The summed E-state index contributed by atoms with van der Waals surface area (Å²) in [6.07, 6.45) is 5.27. The zero-order valence-electron chi connectivity index (χ0n) is 19.7. The molecule has 2 aromatic rings. The summed E-state index contributed by atoms with van der Waals surface area (Å²) >= 11 is 6.73. The van der Waals surface area contributed by atoms with E-state index in [1.54, 1.807) is 21.6 Å². The van der Waals surface area contributed by atoms with Gasteiger partial charge in [-0.15, -0.1) is 0 Å². The molecule has 0 unspecified atom stereocenters. The topological polar surface area (TPSA) is 90.6 Å². The molecule has 1 atom stereocenters. The summed E-state index contributed by atoms with van der Waals surface area (Å²) in [7, 11) is 0. The maximum absolute atomic E-state index is 13.7. The maximum atomic E-state index is 13.7. The predicted molar refractivity (Wildman–Crippen MR) is 141 cm³/mol. The fourth-order valence-corrected chi connectivity index (χ4v) is 6.03. The summed E-state index contributed by atoms with van der Waals surface area (Å²) < 4.78 is 7.72. The SMILES string of the molecule is Cc1cccn2c(=O)c(/C=C3/SC(=S)N(C[C@H]4CCCO4)C3=O)c(N3CCN(CCO)CC3)nc12. The molecular formula is C24H29N5O4S2. The van der Waals surface area contributed by atoms with Crippen molar-refractivity contribution in [3.05, 3.63) is 44.7 Å². The molecule has 0 saturated carbocycles. The smallest absolute Gasteiger partial charge is 0.267 e. The second-order valence-electron chi connectivity index (χ2n) is 9.02.